The zero-order valence-corrected chi connectivity index (χ0v) is 16.9. The predicted octanol–water partition coefficient (Wildman–Crippen LogP) is 2.78. The van der Waals surface area contributed by atoms with Crippen LogP contribution in [0.1, 0.15) is 12.5 Å². The Morgan fingerprint density at radius 2 is 1.75 bits per heavy atom. The molecule has 1 amide bonds. The second-order valence-corrected chi connectivity index (χ2v) is 7.60. The van der Waals surface area contributed by atoms with Crippen molar-refractivity contribution in [3.8, 4) is 0 Å². The van der Waals surface area contributed by atoms with E-state index in [-0.39, 0.29) is 11.7 Å². The van der Waals surface area contributed by atoms with E-state index in [0.29, 0.717) is 13.0 Å². The molecule has 5 nitrogen and oxygen atoms in total. The highest BCUT2D eigenvalue weighted by Crippen LogP contribution is 2.20. The summed E-state index contributed by atoms with van der Waals surface area (Å²) in [5, 5.41) is 3.63. The molecule has 3 rings (SSSR count). The van der Waals surface area contributed by atoms with Gasteiger partial charge in [-0.25, -0.2) is 0 Å². The molecule has 0 saturated carbocycles. The lowest BCUT2D eigenvalue weighted by molar-refractivity contribution is -0.127. The Balaban J connectivity index is 1.48. The van der Waals surface area contributed by atoms with Gasteiger partial charge < -0.3 is 10.2 Å². The normalized spacial score (nSPS) is 15.9. The molecular formula is C22H26ClN3O2. The third-order valence-corrected chi connectivity index (χ3v) is 5.26. The van der Waals surface area contributed by atoms with Crippen molar-refractivity contribution in [3.05, 3.63) is 65.2 Å². The highest BCUT2D eigenvalue weighted by Gasteiger charge is 2.22. The Labute approximate surface area is 171 Å². The van der Waals surface area contributed by atoms with Crippen LogP contribution in [0.2, 0.25) is 5.02 Å². The minimum absolute atomic E-state index is 0.0250. The zero-order valence-electron chi connectivity index (χ0n) is 16.1. The van der Waals surface area contributed by atoms with Gasteiger partial charge in [0.2, 0.25) is 5.91 Å². The first-order chi connectivity index (χ1) is 13.5. The lowest BCUT2D eigenvalue weighted by atomic mass is 10.0. The van der Waals surface area contributed by atoms with Crippen LogP contribution in [0.15, 0.2) is 54.6 Å². The number of hydrogen-bond acceptors (Lipinski definition) is 4. The molecule has 1 heterocycles. The summed E-state index contributed by atoms with van der Waals surface area (Å²) in [5.74, 6) is -0.129. The first-order valence-electron chi connectivity index (χ1n) is 9.58. The number of Topliss-reactive ketones (excluding diaryl/α,β-unsaturated/α-hetero) is 1. The molecule has 148 valence electrons. The van der Waals surface area contributed by atoms with Crippen molar-refractivity contribution >= 4 is 29.0 Å². The average molecular weight is 400 g/mol. The molecule has 1 fully saturated rings. The molecule has 0 aliphatic carbocycles. The van der Waals surface area contributed by atoms with Gasteiger partial charge in [-0.2, -0.15) is 0 Å². The largest absolute Gasteiger partial charge is 0.369 e. The van der Waals surface area contributed by atoms with Gasteiger partial charge in [-0.15, -0.1) is 0 Å². The Morgan fingerprint density at radius 3 is 2.39 bits per heavy atom. The van der Waals surface area contributed by atoms with Crippen LogP contribution in [-0.4, -0.2) is 55.4 Å². The number of hydrogen-bond donors (Lipinski definition) is 1. The molecule has 2 aromatic carbocycles. The Kier molecular flexibility index (Phi) is 7.06. The maximum atomic E-state index is 12.5. The summed E-state index contributed by atoms with van der Waals surface area (Å²) in [6, 6.07) is 17.1. The minimum atomic E-state index is -0.484. The number of nitrogens with one attached hydrogen (secondary N) is 1. The van der Waals surface area contributed by atoms with Crippen LogP contribution in [0.5, 0.6) is 0 Å². The van der Waals surface area contributed by atoms with Crippen LogP contribution in [0.25, 0.3) is 0 Å². The summed E-state index contributed by atoms with van der Waals surface area (Å²) in [6.45, 7) is 5.11. The van der Waals surface area contributed by atoms with Crippen molar-refractivity contribution in [2.75, 3.05) is 37.6 Å². The fourth-order valence-electron chi connectivity index (χ4n) is 3.43. The number of rotatable bonds is 7. The van der Waals surface area contributed by atoms with E-state index in [0.717, 1.165) is 42.5 Å². The molecule has 0 bridgehead atoms. The van der Waals surface area contributed by atoms with Gasteiger partial charge in [0, 0.05) is 36.9 Å². The number of amides is 1. The number of carbonyl (C=O) groups is 2. The number of ketones is 1. The lowest BCUT2D eigenvalue weighted by Gasteiger charge is -2.36. The van der Waals surface area contributed by atoms with Gasteiger partial charge in [0.05, 0.1) is 12.6 Å². The standard InChI is InChI=1S/C22H26ClN3O2/c1-17(27)21(14-18-6-3-2-4-7-18)24-22(28)16-25-10-12-26(13-11-25)20-9-5-8-19(23)15-20/h2-9,15,21H,10-14,16H2,1H3,(H,24,28)/t21-/m0/s1. The van der Waals surface area contributed by atoms with Gasteiger partial charge in [0.25, 0.3) is 0 Å². The number of carbonyl (C=O) groups excluding carboxylic acids is 2. The minimum Gasteiger partial charge on any atom is -0.369 e. The van der Waals surface area contributed by atoms with E-state index in [9.17, 15) is 9.59 Å². The Morgan fingerprint density at radius 1 is 1.04 bits per heavy atom. The second-order valence-electron chi connectivity index (χ2n) is 7.16. The van der Waals surface area contributed by atoms with E-state index >= 15 is 0 Å². The highest BCUT2D eigenvalue weighted by atomic mass is 35.5. The molecule has 6 heteroatoms. The molecule has 0 radical (unpaired) electrons. The van der Waals surface area contributed by atoms with Gasteiger partial charge in [0.1, 0.15) is 0 Å². The van der Waals surface area contributed by atoms with E-state index in [1.54, 1.807) is 0 Å². The quantitative estimate of drug-likeness (QED) is 0.777. The molecule has 28 heavy (non-hydrogen) atoms. The molecule has 0 spiro atoms. The molecule has 0 aromatic heterocycles. The van der Waals surface area contributed by atoms with Crippen molar-refractivity contribution in [2.45, 2.75) is 19.4 Å². The van der Waals surface area contributed by atoms with Crippen molar-refractivity contribution in [3.63, 3.8) is 0 Å². The van der Waals surface area contributed by atoms with E-state index in [1.807, 2.05) is 48.5 Å². The highest BCUT2D eigenvalue weighted by molar-refractivity contribution is 6.30. The molecule has 2 aromatic rings. The van der Waals surface area contributed by atoms with Gasteiger partial charge in [-0.1, -0.05) is 48.0 Å². The summed E-state index contributed by atoms with van der Waals surface area (Å²) < 4.78 is 0. The van der Waals surface area contributed by atoms with Crippen LogP contribution < -0.4 is 10.2 Å². The monoisotopic (exact) mass is 399 g/mol. The maximum Gasteiger partial charge on any atom is 0.234 e. The number of nitrogens with zero attached hydrogens (tertiary/aromatic N) is 2. The van der Waals surface area contributed by atoms with Crippen LogP contribution in [0, 0.1) is 0 Å². The smallest absolute Gasteiger partial charge is 0.234 e. The summed E-state index contributed by atoms with van der Waals surface area (Å²) in [7, 11) is 0. The van der Waals surface area contributed by atoms with Gasteiger partial charge in [-0.05, 0) is 37.1 Å². The van der Waals surface area contributed by atoms with Crippen LogP contribution >= 0.6 is 11.6 Å². The predicted molar refractivity (Wildman–Crippen MR) is 113 cm³/mol. The maximum absolute atomic E-state index is 12.5. The molecule has 1 atom stereocenters. The SMILES string of the molecule is CC(=O)[C@H](Cc1ccccc1)NC(=O)CN1CCN(c2cccc(Cl)c2)CC1. The summed E-state index contributed by atoms with van der Waals surface area (Å²) in [4.78, 5) is 28.8. The van der Waals surface area contributed by atoms with Crippen LogP contribution in [0.4, 0.5) is 5.69 Å². The molecule has 1 aliphatic rings. The Bertz CT molecular complexity index is 804. The average Bonchev–Trinajstić information content (AvgIpc) is 2.69. The number of anilines is 1. The topological polar surface area (TPSA) is 52.7 Å². The lowest BCUT2D eigenvalue weighted by Crippen LogP contribution is -2.51. The Hall–Kier alpha value is -2.37. The number of benzene rings is 2. The number of piperazine rings is 1. The van der Waals surface area contributed by atoms with Crippen molar-refractivity contribution in [2.24, 2.45) is 0 Å². The molecule has 1 saturated heterocycles. The zero-order chi connectivity index (χ0) is 19.9. The first-order valence-corrected chi connectivity index (χ1v) is 9.95. The van der Waals surface area contributed by atoms with Crippen LogP contribution in [-0.2, 0) is 16.0 Å². The number of halogens is 1. The summed E-state index contributed by atoms with van der Waals surface area (Å²) >= 11 is 6.08. The van der Waals surface area contributed by atoms with Gasteiger partial charge >= 0.3 is 0 Å². The van der Waals surface area contributed by atoms with E-state index in [4.69, 9.17) is 11.6 Å². The second kappa shape index (κ2) is 9.71. The van der Waals surface area contributed by atoms with Crippen molar-refractivity contribution in [1.29, 1.82) is 0 Å². The third kappa shape index (κ3) is 5.81. The molecule has 1 N–H and O–H groups in total. The third-order valence-electron chi connectivity index (χ3n) is 5.02. The van der Waals surface area contributed by atoms with Crippen LogP contribution in [0.3, 0.4) is 0 Å². The van der Waals surface area contributed by atoms with Gasteiger partial charge in [0.15, 0.2) is 5.78 Å². The van der Waals surface area contributed by atoms with E-state index < -0.39 is 6.04 Å². The summed E-state index contributed by atoms with van der Waals surface area (Å²) in [5.41, 5.74) is 2.15. The van der Waals surface area contributed by atoms with Gasteiger partial charge in [-0.3, -0.25) is 14.5 Å². The van der Waals surface area contributed by atoms with E-state index in [2.05, 4.69) is 21.2 Å². The van der Waals surface area contributed by atoms with Crippen molar-refractivity contribution in [1.82, 2.24) is 10.2 Å². The fraction of sp³-hybridized carbons (Fsp3) is 0.364. The first kappa shape index (κ1) is 20.4. The summed E-state index contributed by atoms with van der Waals surface area (Å²) in [6.07, 6.45) is 0.518. The van der Waals surface area contributed by atoms with E-state index in [1.165, 1.54) is 6.92 Å². The molecular weight excluding hydrogens is 374 g/mol. The molecule has 1 aliphatic heterocycles. The molecule has 0 unspecified atom stereocenters. The fourth-order valence-corrected chi connectivity index (χ4v) is 3.61. The van der Waals surface area contributed by atoms with Crippen molar-refractivity contribution < 1.29 is 9.59 Å².